The topological polar surface area (TPSA) is 33.4 Å². The molecule has 1 heterocycles. The zero-order valence-electron chi connectivity index (χ0n) is 8.16. The first-order valence-corrected chi connectivity index (χ1v) is 4.23. The van der Waals surface area contributed by atoms with E-state index in [1.807, 2.05) is 20.8 Å². The minimum atomic E-state index is -0.811. The molecular formula is C11H14O2. The lowest BCUT2D eigenvalue weighted by Gasteiger charge is -2.07. The van der Waals surface area contributed by atoms with Gasteiger partial charge in [0.25, 0.3) is 0 Å². The summed E-state index contributed by atoms with van der Waals surface area (Å²) in [5, 5.41) is 9.51. The summed E-state index contributed by atoms with van der Waals surface area (Å²) in [7, 11) is 0. The lowest BCUT2D eigenvalue weighted by atomic mass is 9.97. The average Bonchev–Trinajstić information content (AvgIpc) is 2.50. The van der Waals surface area contributed by atoms with Crippen LogP contribution in [0.5, 0.6) is 0 Å². The van der Waals surface area contributed by atoms with Crippen molar-refractivity contribution in [1.82, 2.24) is 0 Å². The molecule has 0 aromatic carbocycles. The smallest absolute Gasteiger partial charge is 0.172 e. The summed E-state index contributed by atoms with van der Waals surface area (Å²) in [5.41, 5.74) is -0.0897. The Morgan fingerprint density at radius 1 is 1.46 bits per heavy atom. The van der Waals surface area contributed by atoms with E-state index in [2.05, 4.69) is 11.8 Å². The molecule has 1 N–H and O–H groups in total. The second kappa shape index (κ2) is 3.68. The van der Waals surface area contributed by atoms with Crippen LogP contribution in [0.3, 0.4) is 0 Å². The molecule has 0 saturated carbocycles. The van der Waals surface area contributed by atoms with E-state index in [1.54, 1.807) is 12.1 Å². The number of hydrogen-bond donors (Lipinski definition) is 1. The summed E-state index contributed by atoms with van der Waals surface area (Å²) in [6, 6.07) is 3.44. The van der Waals surface area contributed by atoms with Gasteiger partial charge in [-0.1, -0.05) is 11.8 Å². The monoisotopic (exact) mass is 178 g/mol. The van der Waals surface area contributed by atoms with Gasteiger partial charge in [-0.2, -0.15) is 0 Å². The van der Waals surface area contributed by atoms with Crippen molar-refractivity contribution >= 4 is 0 Å². The summed E-state index contributed by atoms with van der Waals surface area (Å²) < 4.78 is 5.01. The molecule has 2 nitrogen and oxygen atoms in total. The van der Waals surface area contributed by atoms with Crippen molar-refractivity contribution in [2.75, 3.05) is 0 Å². The first-order chi connectivity index (χ1) is 5.99. The largest absolute Gasteiger partial charge is 0.466 e. The van der Waals surface area contributed by atoms with Crippen LogP contribution in [0.4, 0.5) is 0 Å². The molecule has 0 aliphatic rings. The van der Waals surface area contributed by atoms with Gasteiger partial charge in [0, 0.05) is 5.41 Å². The normalized spacial score (nSPS) is 13.2. The Labute approximate surface area is 78.6 Å². The molecule has 1 aromatic rings. The van der Waals surface area contributed by atoms with Crippen molar-refractivity contribution in [2.45, 2.75) is 26.9 Å². The van der Waals surface area contributed by atoms with Crippen LogP contribution in [-0.4, -0.2) is 5.11 Å². The molecule has 0 amide bonds. The molecular weight excluding hydrogens is 164 g/mol. The van der Waals surface area contributed by atoms with E-state index < -0.39 is 6.10 Å². The number of aliphatic hydroxyl groups excluding tert-OH is 1. The van der Waals surface area contributed by atoms with Crippen molar-refractivity contribution in [3.05, 3.63) is 24.2 Å². The van der Waals surface area contributed by atoms with E-state index in [1.165, 1.54) is 6.26 Å². The highest BCUT2D eigenvalue weighted by atomic mass is 16.4. The molecule has 1 atom stereocenters. The number of rotatable bonds is 1. The highest BCUT2D eigenvalue weighted by Crippen LogP contribution is 2.14. The van der Waals surface area contributed by atoms with Crippen LogP contribution >= 0.6 is 0 Å². The molecule has 2 heteroatoms. The second-order valence-corrected chi connectivity index (χ2v) is 3.94. The van der Waals surface area contributed by atoms with Crippen LogP contribution in [0.1, 0.15) is 32.6 Å². The Kier molecular flexibility index (Phi) is 2.79. The summed E-state index contributed by atoms with van der Waals surface area (Å²) in [4.78, 5) is 0. The zero-order chi connectivity index (χ0) is 9.90. The maximum Gasteiger partial charge on any atom is 0.172 e. The van der Waals surface area contributed by atoms with E-state index >= 15 is 0 Å². The van der Waals surface area contributed by atoms with Crippen LogP contribution < -0.4 is 0 Å². The van der Waals surface area contributed by atoms with Gasteiger partial charge in [-0.15, -0.1) is 0 Å². The average molecular weight is 178 g/mol. The fraction of sp³-hybridized carbons (Fsp3) is 0.455. The van der Waals surface area contributed by atoms with E-state index in [-0.39, 0.29) is 5.41 Å². The Hall–Kier alpha value is -1.20. The lowest BCUT2D eigenvalue weighted by Crippen LogP contribution is -2.01. The third-order valence-electron chi connectivity index (χ3n) is 1.40. The standard InChI is InChI=1S/C11H14O2/c1-11(2,3)7-6-9(12)10-5-4-8-13-10/h4-5,8-9,12H,1-3H3. The lowest BCUT2D eigenvalue weighted by molar-refractivity contribution is 0.205. The Balaban J connectivity index is 2.69. The summed E-state index contributed by atoms with van der Waals surface area (Å²) in [6.45, 7) is 5.98. The maximum absolute atomic E-state index is 9.51. The maximum atomic E-state index is 9.51. The summed E-state index contributed by atoms with van der Waals surface area (Å²) in [5.74, 6) is 6.18. The van der Waals surface area contributed by atoms with Crippen LogP contribution in [0.2, 0.25) is 0 Å². The van der Waals surface area contributed by atoms with Crippen molar-refractivity contribution in [1.29, 1.82) is 0 Å². The summed E-state index contributed by atoms with van der Waals surface area (Å²) in [6.07, 6.45) is 0.714. The van der Waals surface area contributed by atoms with Gasteiger partial charge < -0.3 is 9.52 Å². The third-order valence-corrected chi connectivity index (χ3v) is 1.40. The quantitative estimate of drug-likeness (QED) is 0.670. The molecule has 1 unspecified atom stereocenters. The first-order valence-electron chi connectivity index (χ1n) is 4.23. The Morgan fingerprint density at radius 3 is 2.62 bits per heavy atom. The van der Waals surface area contributed by atoms with Crippen LogP contribution in [-0.2, 0) is 0 Å². The number of furan rings is 1. The third kappa shape index (κ3) is 3.35. The molecule has 0 aliphatic heterocycles. The predicted octanol–water partition coefficient (Wildman–Crippen LogP) is 2.36. The predicted molar refractivity (Wildman–Crippen MR) is 50.9 cm³/mol. The van der Waals surface area contributed by atoms with E-state index in [9.17, 15) is 5.11 Å². The van der Waals surface area contributed by atoms with Gasteiger partial charge >= 0.3 is 0 Å². The molecule has 0 fully saturated rings. The van der Waals surface area contributed by atoms with Gasteiger partial charge in [0.15, 0.2) is 6.10 Å². The van der Waals surface area contributed by atoms with Gasteiger partial charge in [-0.05, 0) is 32.9 Å². The fourth-order valence-electron chi connectivity index (χ4n) is 0.803. The van der Waals surface area contributed by atoms with Gasteiger partial charge in [-0.3, -0.25) is 0 Å². The highest BCUT2D eigenvalue weighted by Gasteiger charge is 2.08. The van der Waals surface area contributed by atoms with Crippen LogP contribution in [0, 0.1) is 17.3 Å². The number of hydrogen-bond acceptors (Lipinski definition) is 2. The molecule has 0 bridgehead atoms. The van der Waals surface area contributed by atoms with Gasteiger partial charge in [0.05, 0.1) is 6.26 Å². The molecule has 1 rings (SSSR count). The number of aliphatic hydroxyl groups is 1. The molecule has 1 aromatic heterocycles. The van der Waals surface area contributed by atoms with E-state index in [0.717, 1.165) is 0 Å². The van der Waals surface area contributed by atoms with Gasteiger partial charge in [-0.25, -0.2) is 0 Å². The van der Waals surface area contributed by atoms with Crippen molar-refractivity contribution < 1.29 is 9.52 Å². The molecule has 13 heavy (non-hydrogen) atoms. The van der Waals surface area contributed by atoms with Gasteiger partial charge in [0.1, 0.15) is 5.76 Å². The van der Waals surface area contributed by atoms with Crippen LogP contribution in [0.25, 0.3) is 0 Å². The second-order valence-electron chi connectivity index (χ2n) is 3.94. The summed E-state index contributed by atoms with van der Waals surface area (Å²) >= 11 is 0. The highest BCUT2D eigenvalue weighted by molar-refractivity contribution is 5.18. The first kappa shape index (κ1) is 9.88. The van der Waals surface area contributed by atoms with E-state index in [4.69, 9.17) is 4.42 Å². The van der Waals surface area contributed by atoms with Crippen molar-refractivity contribution in [2.24, 2.45) is 5.41 Å². The zero-order valence-corrected chi connectivity index (χ0v) is 8.16. The molecule has 70 valence electrons. The molecule has 0 spiro atoms. The van der Waals surface area contributed by atoms with E-state index in [0.29, 0.717) is 5.76 Å². The minimum absolute atomic E-state index is 0.0897. The Bertz CT molecular complexity index is 306. The SMILES string of the molecule is CC(C)(C)C#CC(O)c1ccco1. The Morgan fingerprint density at radius 2 is 2.15 bits per heavy atom. The van der Waals surface area contributed by atoms with Crippen LogP contribution in [0.15, 0.2) is 22.8 Å². The van der Waals surface area contributed by atoms with Crippen molar-refractivity contribution in [3.63, 3.8) is 0 Å². The molecule has 0 aliphatic carbocycles. The van der Waals surface area contributed by atoms with Crippen molar-refractivity contribution in [3.8, 4) is 11.8 Å². The minimum Gasteiger partial charge on any atom is -0.466 e. The molecule has 0 saturated heterocycles. The fourth-order valence-corrected chi connectivity index (χ4v) is 0.803. The molecule has 0 radical (unpaired) electrons. The van der Waals surface area contributed by atoms with Gasteiger partial charge in [0.2, 0.25) is 0 Å².